The molecule has 0 spiro atoms. The van der Waals surface area contributed by atoms with E-state index in [1.807, 2.05) is 24.3 Å². The Kier molecular flexibility index (Phi) is 5.44. The Hall–Kier alpha value is -3.38. The Morgan fingerprint density at radius 1 is 1.07 bits per heavy atom. The molecule has 4 rings (SSSR count). The number of rotatable bonds is 5. The first-order valence-corrected chi connectivity index (χ1v) is 9.52. The predicted octanol–water partition coefficient (Wildman–Crippen LogP) is 3.96. The Morgan fingerprint density at radius 3 is 2.69 bits per heavy atom. The lowest BCUT2D eigenvalue weighted by molar-refractivity contribution is -0.120. The topological polar surface area (TPSA) is 71.5 Å². The van der Waals surface area contributed by atoms with E-state index in [1.165, 1.54) is 6.20 Å². The van der Waals surface area contributed by atoms with Crippen LogP contribution in [-0.2, 0) is 11.2 Å². The summed E-state index contributed by atoms with van der Waals surface area (Å²) in [7, 11) is 0. The first-order valence-electron chi connectivity index (χ1n) is 9.15. The number of halogens is 1. The van der Waals surface area contributed by atoms with Gasteiger partial charge in [-0.3, -0.25) is 9.59 Å². The normalized spacial score (nSPS) is 12.4. The summed E-state index contributed by atoms with van der Waals surface area (Å²) in [6, 6.07) is 17.9. The highest BCUT2D eigenvalue weighted by atomic mass is 35.5. The van der Waals surface area contributed by atoms with Crippen molar-refractivity contribution in [3.63, 3.8) is 0 Å². The molecule has 0 fully saturated rings. The molecule has 0 radical (unpaired) electrons. The third-order valence-electron chi connectivity index (χ3n) is 4.64. The molecular formula is C22H18ClN3O3. The van der Waals surface area contributed by atoms with Gasteiger partial charge in [-0.05, 0) is 42.3 Å². The summed E-state index contributed by atoms with van der Waals surface area (Å²) in [5.41, 5.74) is 2.39. The van der Waals surface area contributed by atoms with Crippen LogP contribution in [0.4, 0.5) is 11.5 Å². The van der Waals surface area contributed by atoms with Gasteiger partial charge in [0, 0.05) is 18.4 Å². The zero-order valence-corrected chi connectivity index (χ0v) is 16.2. The fraction of sp³-hybridized carbons (Fsp3) is 0.136. The molecule has 0 unspecified atom stereocenters. The van der Waals surface area contributed by atoms with Gasteiger partial charge < -0.3 is 15.0 Å². The molecule has 2 amide bonds. The second-order valence-corrected chi connectivity index (χ2v) is 6.96. The summed E-state index contributed by atoms with van der Waals surface area (Å²) in [6.45, 7) is 0.476. The summed E-state index contributed by atoms with van der Waals surface area (Å²) in [4.78, 5) is 31.1. The van der Waals surface area contributed by atoms with Crippen LogP contribution in [0.25, 0.3) is 0 Å². The molecule has 0 bridgehead atoms. The van der Waals surface area contributed by atoms with E-state index < -0.39 is 0 Å². The minimum absolute atomic E-state index is 0.149. The van der Waals surface area contributed by atoms with Gasteiger partial charge in [0.2, 0.25) is 0 Å². The van der Waals surface area contributed by atoms with Gasteiger partial charge >= 0.3 is 0 Å². The number of hydrogen-bond donors (Lipinski definition) is 1. The van der Waals surface area contributed by atoms with Crippen LogP contribution in [0.15, 0.2) is 66.9 Å². The van der Waals surface area contributed by atoms with Gasteiger partial charge in [-0.15, -0.1) is 0 Å². The summed E-state index contributed by atoms with van der Waals surface area (Å²) in [5.74, 6) is 0.178. The molecule has 146 valence electrons. The molecule has 1 aliphatic heterocycles. The first kappa shape index (κ1) is 19.0. The van der Waals surface area contributed by atoms with Crippen LogP contribution in [-0.4, -0.2) is 29.9 Å². The van der Waals surface area contributed by atoms with Crippen LogP contribution >= 0.6 is 11.6 Å². The number of carbonyl (C=O) groups excluding carboxylic acids is 2. The molecule has 3 aromatic rings. The fourth-order valence-corrected chi connectivity index (χ4v) is 3.34. The molecule has 6 nitrogen and oxygen atoms in total. The summed E-state index contributed by atoms with van der Waals surface area (Å²) < 4.78 is 5.71. The number of carbonyl (C=O) groups is 2. The summed E-state index contributed by atoms with van der Waals surface area (Å²) in [5, 5.41) is 3.18. The van der Waals surface area contributed by atoms with Crippen molar-refractivity contribution in [3.05, 3.63) is 83.0 Å². The number of ether oxygens (including phenoxy) is 1. The van der Waals surface area contributed by atoms with Crippen LogP contribution in [0, 0.1) is 0 Å². The Balaban J connectivity index is 1.44. The number of anilines is 2. The monoisotopic (exact) mass is 407 g/mol. The molecule has 0 atom stereocenters. The van der Waals surface area contributed by atoms with E-state index in [0.717, 1.165) is 17.7 Å². The molecule has 2 heterocycles. The molecule has 1 aromatic heterocycles. The smallest absolute Gasteiger partial charge is 0.264 e. The number of pyridine rings is 1. The number of nitrogens with one attached hydrogen (secondary N) is 1. The second-order valence-electron chi connectivity index (χ2n) is 6.52. The number of benzene rings is 2. The zero-order chi connectivity index (χ0) is 20.2. The molecule has 1 aliphatic rings. The molecule has 0 aliphatic carbocycles. The van der Waals surface area contributed by atoms with Crippen molar-refractivity contribution < 1.29 is 14.3 Å². The highest BCUT2D eigenvalue weighted by Gasteiger charge is 2.24. The predicted molar refractivity (Wildman–Crippen MR) is 112 cm³/mol. The van der Waals surface area contributed by atoms with E-state index in [9.17, 15) is 9.59 Å². The number of hydrogen-bond acceptors (Lipinski definition) is 4. The van der Waals surface area contributed by atoms with Gasteiger partial charge in [-0.2, -0.15) is 0 Å². The summed E-state index contributed by atoms with van der Waals surface area (Å²) >= 11 is 5.82. The van der Waals surface area contributed by atoms with Crippen molar-refractivity contribution in [2.24, 2.45) is 0 Å². The van der Waals surface area contributed by atoms with Crippen LogP contribution in [0.2, 0.25) is 5.02 Å². The van der Waals surface area contributed by atoms with Crippen molar-refractivity contribution in [2.75, 3.05) is 23.4 Å². The minimum Gasteiger partial charge on any atom is -0.483 e. The summed E-state index contributed by atoms with van der Waals surface area (Å²) in [6.07, 6.45) is 2.28. The molecule has 29 heavy (non-hydrogen) atoms. The SMILES string of the molecule is O=C(Nc1ccc(Cl)cn1)c1ccccc1OCC(=O)N1CCc2ccccc21. The maximum atomic E-state index is 12.7. The second kappa shape index (κ2) is 8.32. The van der Waals surface area contributed by atoms with E-state index in [1.54, 1.807) is 41.3 Å². The number of fused-ring (bicyclic) bond motifs is 1. The molecule has 7 heteroatoms. The molecule has 1 N–H and O–H groups in total. The van der Waals surface area contributed by atoms with Gasteiger partial charge in [0.1, 0.15) is 11.6 Å². The molecular weight excluding hydrogens is 390 g/mol. The average molecular weight is 408 g/mol. The minimum atomic E-state index is -0.380. The molecule has 0 saturated heterocycles. The number of amides is 2. The largest absolute Gasteiger partial charge is 0.483 e. The third kappa shape index (κ3) is 4.22. The molecule has 0 saturated carbocycles. The van der Waals surface area contributed by atoms with E-state index in [-0.39, 0.29) is 18.4 Å². The van der Waals surface area contributed by atoms with Crippen molar-refractivity contribution in [2.45, 2.75) is 6.42 Å². The van der Waals surface area contributed by atoms with E-state index in [4.69, 9.17) is 16.3 Å². The van der Waals surface area contributed by atoms with Crippen molar-refractivity contribution >= 4 is 34.9 Å². The molecule has 2 aromatic carbocycles. The van der Waals surface area contributed by atoms with Crippen LogP contribution in [0.1, 0.15) is 15.9 Å². The third-order valence-corrected chi connectivity index (χ3v) is 4.86. The van der Waals surface area contributed by atoms with Crippen molar-refractivity contribution in [1.29, 1.82) is 0 Å². The lowest BCUT2D eigenvalue weighted by atomic mass is 10.2. The zero-order valence-electron chi connectivity index (χ0n) is 15.5. The lowest BCUT2D eigenvalue weighted by Gasteiger charge is -2.18. The Bertz CT molecular complexity index is 1050. The highest BCUT2D eigenvalue weighted by Crippen LogP contribution is 2.28. The average Bonchev–Trinajstić information content (AvgIpc) is 3.18. The number of nitrogens with zero attached hydrogens (tertiary/aromatic N) is 2. The maximum absolute atomic E-state index is 12.7. The van der Waals surface area contributed by atoms with E-state index in [0.29, 0.717) is 28.7 Å². The van der Waals surface area contributed by atoms with Crippen molar-refractivity contribution in [3.8, 4) is 5.75 Å². The van der Waals surface area contributed by atoms with Crippen LogP contribution < -0.4 is 15.0 Å². The lowest BCUT2D eigenvalue weighted by Crippen LogP contribution is -2.33. The van der Waals surface area contributed by atoms with E-state index in [2.05, 4.69) is 10.3 Å². The fourth-order valence-electron chi connectivity index (χ4n) is 3.23. The highest BCUT2D eigenvalue weighted by molar-refractivity contribution is 6.30. The van der Waals surface area contributed by atoms with Gasteiger partial charge in [0.25, 0.3) is 11.8 Å². The van der Waals surface area contributed by atoms with Crippen LogP contribution in [0.3, 0.4) is 0 Å². The Labute approximate surface area is 173 Å². The van der Waals surface area contributed by atoms with E-state index >= 15 is 0 Å². The van der Waals surface area contributed by atoms with Gasteiger partial charge in [-0.1, -0.05) is 41.9 Å². The van der Waals surface area contributed by atoms with Gasteiger partial charge in [-0.25, -0.2) is 4.98 Å². The maximum Gasteiger partial charge on any atom is 0.264 e. The standard InChI is InChI=1S/C22H18ClN3O3/c23-16-9-10-20(24-13-16)25-22(28)17-6-2-4-8-19(17)29-14-21(27)26-12-11-15-5-1-3-7-18(15)26/h1-10,13H,11-12,14H2,(H,24,25,28). The van der Waals surface area contributed by atoms with Gasteiger partial charge in [0.15, 0.2) is 6.61 Å². The van der Waals surface area contributed by atoms with Gasteiger partial charge in [0.05, 0.1) is 10.6 Å². The number of para-hydroxylation sites is 2. The van der Waals surface area contributed by atoms with Crippen LogP contribution in [0.5, 0.6) is 5.75 Å². The Morgan fingerprint density at radius 2 is 1.86 bits per heavy atom. The quantitative estimate of drug-likeness (QED) is 0.695. The van der Waals surface area contributed by atoms with Crippen molar-refractivity contribution in [1.82, 2.24) is 4.98 Å². The first-order chi connectivity index (χ1) is 14.1. The number of aromatic nitrogens is 1.